The molecule has 5 heteroatoms. The molecule has 1 aliphatic rings. The van der Waals surface area contributed by atoms with Crippen LogP contribution in [0.1, 0.15) is 0 Å². The van der Waals surface area contributed by atoms with Gasteiger partial charge in [-0.3, -0.25) is 4.98 Å². The van der Waals surface area contributed by atoms with Crippen molar-refractivity contribution in [2.75, 3.05) is 6.61 Å². The van der Waals surface area contributed by atoms with Gasteiger partial charge in [-0.25, -0.2) is 4.99 Å². The average molecular weight is 230 g/mol. The normalized spacial score (nSPS) is 17.9. The van der Waals surface area contributed by atoms with Gasteiger partial charge >= 0.3 is 0 Å². The number of fused-ring (bicyclic) bond motifs is 1. The molecular formula is C12H14N4O. The van der Waals surface area contributed by atoms with Crippen molar-refractivity contribution < 1.29 is 4.74 Å². The number of nitrogens with two attached hydrogens (primary N) is 2. The molecule has 3 rings (SSSR count). The van der Waals surface area contributed by atoms with Gasteiger partial charge in [0.2, 0.25) is 0 Å². The van der Waals surface area contributed by atoms with E-state index in [1.807, 2.05) is 30.5 Å². The highest BCUT2D eigenvalue weighted by Gasteiger charge is 2.09. The fraction of sp³-hybridized carbons (Fsp3) is 0.167. The topological polar surface area (TPSA) is 86.5 Å². The molecule has 1 aromatic heterocycles. The lowest BCUT2D eigenvalue weighted by atomic mass is 10.2. The molecule has 4 N–H and O–H groups in total. The standard InChI is InChI=1S/C9H7N.C3H7N3O/c1-2-6-9-8(4-1)5-3-7-10-9;4-2-1-7-3(5)6-2/h1-7H;2H,1,4H2,(H2,5,6). The van der Waals surface area contributed by atoms with E-state index in [0.717, 1.165) is 5.52 Å². The van der Waals surface area contributed by atoms with Crippen LogP contribution >= 0.6 is 0 Å². The minimum absolute atomic E-state index is 0.201. The van der Waals surface area contributed by atoms with E-state index >= 15 is 0 Å². The van der Waals surface area contributed by atoms with Gasteiger partial charge in [0.15, 0.2) is 0 Å². The van der Waals surface area contributed by atoms with E-state index in [1.54, 1.807) is 0 Å². The van der Waals surface area contributed by atoms with Crippen LogP contribution in [0.25, 0.3) is 10.9 Å². The number of amidine groups is 1. The van der Waals surface area contributed by atoms with Gasteiger partial charge in [-0.05, 0) is 12.1 Å². The van der Waals surface area contributed by atoms with Gasteiger partial charge in [0.25, 0.3) is 6.02 Å². The smallest absolute Gasteiger partial charge is 0.283 e. The lowest BCUT2D eigenvalue weighted by Gasteiger charge is -1.91. The minimum Gasteiger partial charge on any atom is -0.462 e. The number of hydrogen-bond donors (Lipinski definition) is 2. The summed E-state index contributed by atoms with van der Waals surface area (Å²) >= 11 is 0. The molecule has 0 saturated carbocycles. The number of pyridine rings is 1. The van der Waals surface area contributed by atoms with Gasteiger partial charge < -0.3 is 16.2 Å². The molecule has 2 heterocycles. The van der Waals surface area contributed by atoms with Crippen LogP contribution in [0, 0.1) is 0 Å². The number of ether oxygens (including phenoxy) is 1. The molecule has 0 saturated heterocycles. The average Bonchev–Trinajstić information content (AvgIpc) is 2.74. The maximum atomic E-state index is 5.23. The molecule has 0 radical (unpaired) electrons. The zero-order chi connectivity index (χ0) is 12.1. The summed E-state index contributed by atoms with van der Waals surface area (Å²) < 4.78 is 4.67. The number of aliphatic imine (C=N–C) groups is 1. The first-order chi connectivity index (χ1) is 8.25. The van der Waals surface area contributed by atoms with Gasteiger partial charge in [-0.15, -0.1) is 0 Å². The van der Waals surface area contributed by atoms with Gasteiger partial charge in [-0.2, -0.15) is 0 Å². The quantitative estimate of drug-likeness (QED) is 0.702. The highest BCUT2D eigenvalue weighted by Crippen LogP contribution is 2.07. The molecule has 17 heavy (non-hydrogen) atoms. The molecule has 1 atom stereocenters. The highest BCUT2D eigenvalue weighted by molar-refractivity contribution is 5.77. The summed E-state index contributed by atoms with van der Waals surface area (Å²) in [7, 11) is 0. The predicted molar refractivity (Wildman–Crippen MR) is 67.3 cm³/mol. The molecule has 0 fully saturated rings. The Morgan fingerprint density at radius 3 is 2.53 bits per heavy atom. The fourth-order valence-electron chi connectivity index (χ4n) is 1.42. The summed E-state index contributed by atoms with van der Waals surface area (Å²) in [6.07, 6.45) is 1.57. The maximum Gasteiger partial charge on any atom is 0.283 e. The third kappa shape index (κ3) is 3.15. The van der Waals surface area contributed by atoms with E-state index in [-0.39, 0.29) is 12.2 Å². The van der Waals surface area contributed by atoms with Crippen molar-refractivity contribution in [2.45, 2.75) is 6.17 Å². The summed E-state index contributed by atoms with van der Waals surface area (Å²) in [5.41, 5.74) is 11.4. The van der Waals surface area contributed by atoms with Crippen LogP contribution in [-0.4, -0.2) is 23.8 Å². The van der Waals surface area contributed by atoms with Gasteiger partial charge in [0.05, 0.1) is 5.52 Å². The Morgan fingerprint density at radius 1 is 1.18 bits per heavy atom. The Morgan fingerprint density at radius 2 is 1.94 bits per heavy atom. The number of aromatic nitrogens is 1. The summed E-state index contributed by atoms with van der Waals surface area (Å²) in [4.78, 5) is 7.82. The molecule has 2 aromatic rings. The van der Waals surface area contributed by atoms with Crippen molar-refractivity contribution in [2.24, 2.45) is 16.5 Å². The van der Waals surface area contributed by atoms with E-state index in [2.05, 4.69) is 26.8 Å². The van der Waals surface area contributed by atoms with E-state index in [1.165, 1.54) is 5.39 Å². The molecule has 5 nitrogen and oxygen atoms in total. The Balaban J connectivity index is 0.000000136. The molecular weight excluding hydrogens is 216 g/mol. The van der Waals surface area contributed by atoms with Gasteiger partial charge in [-0.1, -0.05) is 24.3 Å². The van der Waals surface area contributed by atoms with Crippen molar-refractivity contribution in [3.05, 3.63) is 42.6 Å². The van der Waals surface area contributed by atoms with E-state index < -0.39 is 0 Å². The van der Waals surface area contributed by atoms with Gasteiger partial charge in [0.1, 0.15) is 12.8 Å². The minimum atomic E-state index is -0.236. The van der Waals surface area contributed by atoms with Crippen LogP contribution in [0.4, 0.5) is 0 Å². The second-order valence-corrected chi connectivity index (χ2v) is 3.54. The monoisotopic (exact) mass is 230 g/mol. The van der Waals surface area contributed by atoms with E-state index in [9.17, 15) is 0 Å². The van der Waals surface area contributed by atoms with Crippen molar-refractivity contribution >= 4 is 16.9 Å². The SMILES string of the molecule is NC1=NC(N)CO1.c1ccc2ncccc2c1. The van der Waals surface area contributed by atoms with Crippen LogP contribution in [0.3, 0.4) is 0 Å². The number of nitrogens with zero attached hydrogens (tertiary/aromatic N) is 2. The molecule has 0 bridgehead atoms. The summed E-state index contributed by atoms with van der Waals surface area (Å²) in [5.74, 6) is 0. The van der Waals surface area contributed by atoms with E-state index in [4.69, 9.17) is 11.5 Å². The molecule has 1 unspecified atom stereocenters. The first kappa shape index (κ1) is 11.3. The Hall–Kier alpha value is -2.14. The van der Waals surface area contributed by atoms with Crippen molar-refractivity contribution in [3.8, 4) is 0 Å². The third-order valence-corrected chi connectivity index (χ3v) is 2.21. The lowest BCUT2D eigenvalue weighted by molar-refractivity contribution is 0.315. The van der Waals surface area contributed by atoms with E-state index in [0.29, 0.717) is 6.61 Å². The Labute approximate surface area is 99.1 Å². The zero-order valence-electron chi connectivity index (χ0n) is 9.28. The third-order valence-electron chi connectivity index (χ3n) is 2.21. The molecule has 0 aliphatic carbocycles. The second kappa shape index (κ2) is 5.27. The van der Waals surface area contributed by atoms with Crippen molar-refractivity contribution in [3.63, 3.8) is 0 Å². The summed E-state index contributed by atoms with van der Waals surface area (Å²) in [5, 5.41) is 1.20. The van der Waals surface area contributed by atoms with Crippen molar-refractivity contribution in [1.82, 2.24) is 4.98 Å². The van der Waals surface area contributed by atoms with Crippen LogP contribution in [0.2, 0.25) is 0 Å². The second-order valence-electron chi connectivity index (χ2n) is 3.54. The highest BCUT2D eigenvalue weighted by atomic mass is 16.5. The molecule has 0 amide bonds. The molecule has 0 spiro atoms. The first-order valence-corrected chi connectivity index (χ1v) is 5.27. The Kier molecular flexibility index (Phi) is 3.52. The summed E-state index contributed by atoms with van der Waals surface area (Å²) in [6.45, 7) is 0.422. The zero-order valence-corrected chi connectivity index (χ0v) is 9.28. The predicted octanol–water partition coefficient (Wildman–Crippen LogP) is 0.851. The van der Waals surface area contributed by atoms with Crippen LogP contribution in [0.5, 0.6) is 0 Å². The molecule has 88 valence electrons. The largest absolute Gasteiger partial charge is 0.462 e. The van der Waals surface area contributed by atoms with Crippen LogP contribution in [0.15, 0.2) is 47.6 Å². The number of benzene rings is 1. The number of para-hydroxylation sites is 1. The number of rotatable bonds is 0. The Bertz CT molecular complexity index is 461. The van der Waals surface area contributed by atoms with Crippen molar-refractivity contribution in [1.29, 1.82) is 0 Å². The molecule has 1 aromatic carbocycles. The fourth-order valence-corrected chi connectivity index (χ4v) is 1.42. The van der Waals surface area contributed by atoms with Gasteiger partial charge in [0, 0.05) is 11.6 Å². The number of hydrogen-bond acceptors (Lipinski definition) is 5. The maximum absolute atomic E-state index is 5.23. The first-order valence-electron chi connectivity index (χ1n) is 5.27. The van der Waals surface area contributed by atoms with Crippen LogP contribution < -0.4 is 11.5 Å². The molecule has 1 aliphatic heterocycles. The van der Waals surface area contributed by atoms with Crippen LogP contribution in [-0.2, 0) is 4.74 Å². The summed E-state index contributed by atoms with van der Waals surface area (Å²) in [6, 6.07) is 12.3. The lowest BCUT2D eigenvalue weighted by Crippen LogP contribution is -2.17.